The Hall–Kier alpha value is -0.420. The maximum atomic E-state index is 4.21. The number of nitrogens with zero attached hydrogens (tertiary/aromatic N) is 2. The normalized spacial score (nSPS) is 12.6. The lowest BCUT2D eigenvalue weighted by molar-refractivity contribution is 0.178. The highest BCUT2D eigenvalue weighted by atomic mass is 32.2. The Morgan fingerprint density at radius 2 is 1.67 bits per heavy atom. The summed E-state index contributed by atoms with van der Waals surface area (Å²) in [4.78, 5) is 6.69. The average molecular weight is 274 g/mol. The van der Waals surface area contributed by atoms with Gasteiger partial charge in [-0.3, -0.25) is 9.89 Å². The summed E-state index contributed by atoms with van der Waals surface area (Å²) in [6.45, 7) is 11.9. The Morgan fingerprint density at radius 3 is 2.11 bits per heavy atom. The van der Waals surface area contributed by atoms with Crippen LogP contribution in [0.4, 0.5) is 0 Å². The Bertz CT molecular complexity index is 221. The molecule has 0 spiro atoms. The van der Waals surface area contributed by atoms with E-state index in [2.05, 4.69) is 54.5 Å². The van der Waals surface area contributed by atoms with E-state index in [0.29, 0.717) is 12.1 Å². The Balaban J connectivity index is 3.92. The van der Waals surface area contributed by atoms with Crippen LogP contribution in [-0.2, 0) is 0 Å². The largest absolute Gasteiger partial charge is 0.356 e. The molecule has 0 aliphatic rings. The molecule has 0 bridgehead atoms. The minimum atomic E-state index is 0.582. The van der Waals surface area contributed by atoms with Crippen molar-refractivity contribution in [1.29, 1.82) is 0 Å². The zero-order chi connectivity index (χ0) is 14.0. The van der Waals surface area contributed by atoms with Crippen molar-refractivity contribution in [2.24, 2.45) is 4.99 Å². The third-order valence-corrected chi connectivity index (χ3v) is 3.42. The second-order valence-electron chi connectivity index (χ2n) is 4.84. The predicted octanol–water partition coefficient (Wildman–Crippen LogP) is 1.63. The van der Waals surface area contributed by atoms with Crippen LogP contribution in [0.15, 0.2) is 4.99 Å². The van der Waals surface area contributed by atoms with Crippen LogP contribution in [0.1, 0.15) is 27.7 Å². The summed E-state index contributed by atoms with van der Waals surface area (Å²) in [6.07, 6.45) is 2.11. The molecule has 0 aromatic heterocycles. The maximum absolute atomic E-state index is 4.21. The molecular formula is C13H30N4S. The molecule has 108 valence electrons. The third kappa shape index (κ3) is 7.82. The minimum absolute atomic E-state index is 0.582. The Morgan fingerprint density at radius 1 is 1.11 bits per heavy atom. The third-order valence-electron chi connectivity index (χ3n) is 2.81. The van der Waals surface area contributed by atoms with Crippen molar-refractivity contribution in [3.05, 3.63) is 0 Å². The van der Waals surface area contributed by atoms with Crippen LogP contribution >= 0.6 is 11.8 Å². The van der Waals surface area contributed by atoms with Crippen LogP contribution in [0, 0.1) is 0 Å². The molecule has 0 radical (unpaired) electrons. The summed E-state index contributed by atoms with van der Waals surface area (Å²) >= 11 is 1.84. The summed E-state index contributed by atoms with van der Waals surface area (Å²) in [7, 11) is 1.82. The molecule has 0 aromatic rings. The summed E-state index contributed by atoms with van der Waals surface area (Å²) in [6, 6.07) is 1.16. The second-order valence-corrected chi connectivity index (χ2v) is 5.83. The van der Waals surface area contributed by atoms with E-state index < -0.39 is 0 Å². The fraction of sp³-hybridized carbons (Fsp3) is 0.923. The van der Waals surface area contributed by atoms with Crippen LogP contribution in [0.5, 0.6) is 0 Å². The van der Waals surface area contributed by atoms with Crippen molar-refractivity contribution in [3.8, 4) is 0 Å². The fourth-order valence-corrected chi connectivity index (χ4v) is 2.21. The molecule has 0 unspecified atom stereocenters. The molecule has 0 aliphatic carbocycles. The molecule has 0 fully saturated rings. The van der Waals surface area contributed by atoms with Gasteiger partial charge in [0, 0.05) is 44.5 Å². The van der Waals surface area contributed by atoms with Gasteiger partial charge in [0.25, 0.3) is 0 Å². The summed E-state index contributed by atoms with van der Waals surface area (Å²) in [5.41, 5.74) is 0. The van der Waals surface area contributed by atoms with Crippen molar-refractivity contribution in [1.82, 2.24) is 15.5 Å². The zero-order valence-electron chi connectivity index (χ0n) is 12.8. The number of hydrogen-bond donors (Lipinski definition) is 2. The average Bonchev–Trinajstić information content (AvgIpc) is 2.31. The quantitative estimate of drug-likeness (QED) is 0.401. The number of thioether (sulfide) groups is 1. The number of guanidine groups is 1. The molecule has 18 heavy (non-hydrogen) atoms. The first kappa shape index (κ1) is 17.6. The van der Waals surface area contributed by atoms with Gasteiger partial charge in [0.15, 0.2) is 5.96 Å². The molecule has 0 saturated carbocycles. The van der Waals surface area contributed by atoms with Crippen LogP contribution in [-0.4, -0.2) is 61.6 Å². The Kier molecular flexibility index (Phi) is 10.3. The predicted molar refractivity (Wildman–Crippen MR) is 84.7 cm³/mol. The number of nitrogens with one attached hydrogen (secondary N) is 2. The van der Waals surface area contributed by atoms with Crippen LogP contribution in [0.25, 0.3) is 0 Å². The van der Waals surface area contributed by atoms with Crippen molar-refractivity contribution in [2.45, 2.75) is 39.8 Å². The smallest absolute Gasteiger partial charge is 0.191 e. The first-order valence-electron chi connectivity index (χ1n) is 6.72. The van der Waals surface area contributed by atoms with E-state index in [9.17, 15) is 0 Å². The molecule has 0 heterocycles. The van der Waals surface area contributed by atoms with Gasteiger partial charge in [0.05, 0.1) is 0 Å². The van der Waals surface area contributed by atoms with E-state index in [1.54, 1.807) is 0 Å². The SMILES string of the molecule is CN=C(NCCSC)NCCN(C(C)C)C(C)C. The zero-order valence-corrected chi connectivity index (χ0v) is 13.6. The van der Waals surface area contributed by atoms with Crippen LogP contribution < -0.4 is 10.6 Å². The van der Waals surface area contributed by atoms with Gasteiger partial charge in [0.1, 0.15) is 0 Å². The van der Waals surface area contributed by atoms with Crippen molar-refractivity contribution in [2.75, 3.05) is 38.7 Å². The topological polar surface area (TPSA) is 39.7 Å². The monoisotopic (exact) mass is 274 g/mol. The minimum Gasteiger partial charge on any atom is -0.356 e. The first-order valence-corrected chi connectivity index (χ1v) is 8.11. The van der Waals surface area contributed by atoms with E-state index in [1.807, 2.05) is 18.8 Å². The molecule has 0 aliphatic heterocycles. The highest BCUT2D eigenvalue weighted by molar-refractivity contribution is 7.98. The van der Waals surface area contributed by atoms with Crippen molar-refractivity contribution < 1.29 is 0 Å². The van der Waals surface area contributed by atoms with Gasteiger partial charge in [-0.05, 0) is 34.0 Å². The van der Waals surface area contributed by atoms with Gasteiger partial charge in [-0.1, -0.05) is 0 Å². The van der Waals surface area contributed by atoms with Gasteiger partial charge in [-0.2, -0.15) is 11.8 Å². The lowest BCUT2D eigenvalue weighted by atomic mass is 10.2. The summed E-state index contributed by atoms with van der Waals surface area (Å²) < 4.78 is 0. The molecule has 0 rings (SSSR count). The lowest BCUT2D eigenvalue weighted by Crippen LogP contribution is -2.45. The van der Waals surface area contributed by atoms with Gasteiger partial charge in [0.2, 0.25) is 0 Å². The van der Waals surface area contributed by atoms with Crippen LogP contribution in [0.3, 0.4) is 0 Å². The van der Waals surface area contributed by atoms with E-state index in [-0.39, 0.29) is 0 Å². The maximum Gasteiger partial charge on any atom is 0.191 e. The standard InChI is InChI=1S/C13H30N4S/c1-11(2)17(12(3)4)9-7-15-13(14-5)16-8-10-18-6/h11-12H,7-10H2,1-6H3,(H2,14,15,16). The molecule has 0 atom stereocenters. The summed E-state index contributed by atoms with van der Waals surface area (Å²) in [5, 5.41) is 6.66. The molecule has 5 heteroatoms. The molecule has 0 amide bonds. The molecular weight excluding hydrogens is 244 g/mol. The van der Waals surface area contributed by atoms with Crippen molar-refractivity contribution >= 4 is 17.7 Å². The van der Waals surface area contributed by atoms with Gasteiger partial charge >= 0.3 is 0 Å². The van der Waals surface area contributed by atoms with E-state index in [0.717, 1.165) is 31.3 Å². The van der Waals surface area contributed by atoms with Gasteiger partial charge in [-0.15, -0.1) is 0 Å². The number of aliphatic imine (C=N–C) groups is 1. The Labute approximate surface area is 117 Å². The molecule has 2 N–H and O–H groups in total. The molecule has 4 nitrogen and oxygen atoms in total. The lowest BCUT2D eigenvalue weighted by Gasteiger charge is -2.30. The van der Waals surface area contributed by atoms with Gasteiger partial charge < -0.3 is 10.6 Å². The fourth-order valence-electron chi connectivity index (χ4n) is 1.91. The van der Waals surface area contributed by atoms with Crippen LogP contribution in [0.2, 0.25) is 0 Å². The summed E-state index contributed by atoms with van der Waals surface area (Å²) in [5.74, 6) is 2.00. The number of rotatable bonds is 8. The highest BCUT2D eigenvalue weighted by Crippen LogP contribution is 2.03. The highest BCUT2D eigenvalue weighted by Gasteiger charge is 2.12. The number of hydrogen-bond acceptors (Lipinski definition) is 3. The second kappa shape index (κ2) is 10.5. The first-order chi connectivity index (χ1) is 8.52. The van der Waals surface area contributed by atoms with Gasteiger partial charge in [-0.25, -0.2) is 0 Å². The molecule has 0 aromatic carbocycles. The van der Waals surface area contributed by atoms with E-state index in [4.69, 9.17) is 0 Å². The van der Waals surface area contributed by atoms with Crippen molar-refractivity contribution in [3.63, 3.8) is 0 Å². The van der Waals surface area contributed by atoms with E-state index in [1.165, 1.54) is 0 Å². The van der Waals surface area contributed by atoms with E-state index >= 15 is 0 Å². The molecule has 0 saturated heterocycles.